The maximum atomic E-state index is 12.1. The van der Waals surface area contributed by atoms with E-state index < -0.39 is 0 Å². The van der Waals surface area contributed by atoms with Crippen LogP contribution in [0.1, 0.15) is 38.5 Å². The Labute approximate surface area is 89.7 Å². The zero-order valence-corrected chi connectivity index (χ0v) is 8.92. The molecule has 3 atom stereocenters. The lowest BCUT2D eigenvalue weighted by atomic mass is 9.60. The van der Waals surface area contributed by atoms with Crippen LogP contribution < -0.4 is 0 Å². The first-order chi connectivity index (χ1) is 7.13. The first-order valence-corrected chi connectivity index (χ1v) is 5.87. The summed E-state index contributed by atoms with van der Waals surface area (Å²) in [5.41, 5.74) is 0.867. The van der Waals surface area contributed by atoms with Crippen LogP contribution in [0.4, 0.5) is 0 Å². The molecule has 3 rings (SSSR count). The van der Waals surface area contributed by atoms with E-state index in [2.05, 4.69) is 6.58 Å². The molecule has 0 N–H and O–H groups in total. The summed E-state index contributed by atoms with van der Waals surface area (Å²) in [6.45, 7) is 3.99. The number of ketones is 2. The molecule has 2 heteroatoms. The van der Waals surface area contributed by atoms with E-state index in [1.807, 2.05) is 0 Å². The van der Waals surface area contributed by atoms with Crippen LogP contribution in [0.25, 0.3) is 0 Å². The predicted molar refractivity (Wildman–Crippen MR) is 56.3 cm³/mol. The number of carbonyl (C=O) groups is 2. The van der Waals surface area contributed by atoms with Gasteiger partial charge in [0, 0.05) is 24.2 Å². The Morgan fingerprint density at radius 3 is 2.93 bits per heavy atom. The summed E-state index contributed by atoms with van der Waals surface area (Å²) < 4.78 is 0. The van der Waals surface area contributed by atoms with Gasteiger partial charge in [0.25, 0.3) is 0 Å². The van der Waals surface area contributed by atoms with Gasteiger partial charge in [-0.3, -0.25) is 9.59 Å². The summed E-state index contributed by atoms with van der Waals surface area (Å²) in [6.07, 6.45) is 4.99. The Kier molecular flexibility index (Phi) is 1.74. The molecule has 0 aromatic heterocycles. The van der Waals surface area contributed by atoms with Gasteiger partial charge in [-0.2, -0.15) is 0 Å². The summed E-state index contributed by atoms with van der Waals surface area (Å²) in [4.78, 5) is 24.0. The van der Waals surface area contributed by atoms with Gasteiger partial charge < -0.3 is 0 Å². The fourth-order valence-electron chi connectivity index (χ4n) is 3.92. The molecule has 0 saturated heterocycles. The lowest BCUT2D eigenvalue weighted by Crippen LogP contribution is -2.44. The zero-order valence-electron chi connectivity index (χ0n) is 8.92. The SMILES string of the molecule is C=C1C[C@]23C[C@H]1C(=O)C[C@H]2CCCC3=O. The average molecular weight is 204 g/mol. The van der Waals surface area contributed by atoms with E-state index in [9.17, 15) is 9.59 Å². The number of rotatable bonds is 0. The second-order valence-corrected chi connectivity index (χ2v) is 5.43. The van der Waals surface area contributed by atoms with Crippen LogP contribution in [0, 0.1) is 17.3 Å². The second kappa shape index (κ2) is 2.81. The maximum Gasteiger partial charge on any atom is 0.140 e. The third-order valence-corrected chi connectivity index (χ3v) is 4.73. The molecule has 0 amide bonds. The van der Waals surface area contributed by atoms with Gasteiger partial charge in [0.15, 0.2) is 0 Å². The molecule has 3 fully saturated rings. The van der Waals surface area contributed by atoms with Crippen molar-refractivity contribution in [2.75, 3.05) is 0 Å². The molecule has 1 spiro atoms. The second-order valence-electron chi connectivity index (χ2n) is 5.43. The van der Waals surface area contributed by atoms with Crippen molar-refractivity contribution in [3.8, 4) is 0 Å². The standard InChI is InChI=1S/C13H16O2/c1-8-6-13-7-10(8)11(14)5-9(13)3-2-4-12(13)15/h9-10H,1-7H2/t9-,10-,13+/m1/s1. The summed E-state index contributed by atoms with van der Waals surface area (Å²) in [7, 11) is 0. The number of allylic oxidation sites excluding steroid dienone is 1. The van der Waals surface area contributed by atoms with E-state index >= 15 is 0 Å². The monoisotopic (exact) mass is 204 g/mol. The number of hydrogen-bond donors (Lipinski definition) is 0. The summed E-state index contributed by atoms with van der Waals surface area (Å²) in [5, 5.41) is 0. The van der Waals surface area contributed by atoms with Crippen molar-refractivity contribution in [3.05, 3.63) is 12.2 Å². The third kappa shape index (κ3) is 1.05. The molecular formula is C13H16O2. The van der Waals surface area contributed by atoms with E-state index in [-0.39, 0.29) is 11.3 Å². The quantitative estimate of drug-likeness (QED) is 0.567. The minimum atomic E-state index is -0.159. The van der Waals surface area contributed by atoms with Crippen LogP contribution >= 0.6 is 0 Å². The normalized spacial score (nSPS) is 44.4. The highest BCUT2D eigenvalue weighted by Gasteiger charge is 2.57. The summed E-state index contributed by atoms with van der Waals surface area (Å²) >= 11 is 0. The van der Waals surface area contributed by atoms with Gasteiger partial charge in [-0.15, -0.1) is 0 Å². The van der Waals surface area contributed by atoms with Crippen LogP contribution in [0.3, 0.4) is 0 Å². The van der Waals surface area contributed by atoms with Crippen LogP contribution in [0.5, 0.6) is 0 Å². The van der Waals surface area contributed by atoms with Gasteiger partial charge >= 0.3 is 0 Å². The van der Waals surface area contributed by atoms with Crippen LogP contribution in [0.2, 0.25) is 0 Å². The number of Topliss-reactive ketones (excluding diaryl/α,β-unsaturated/α-hetero) is 2. The molecule has 0 heterocycles. The molecule has 0 aromatic carbocycles. The molecule has 0 aromatic rings. The molecule has 0 radical (unpaired) electrons. The first kappa shape index (κ1) is 9.32. The van der Waals surface area contributed by atoms with E-state index in [0.29, 0.717) is 23.9 Å². The molecule has 2 nitrogen and oxygen atoms in total. The van der Waals surface area contributed by atoms with Gasteiger partial charge in [-0.25, -0.2) is 0 Å². The molecule has 3 saturated carbocycles. The highest BCUT2D eigenvalue weighted by atomic mass is 16.1. The molecule has 0 aliphatic heterocycles. The van der Waals surface area contributed by atoms with Crippen LogP contribution in [-0.4, -0.2) is 11.6 Å². The first-order valence-electron chi connectivity index (χ1n) is 5.87. The third-order valence-electron chi connectivity index (χ3n) is 4.73. The van der Waals surface area contributed by atoms with E-state index in [1.165, 1.54) is 0 Å². The van der Waals surface area contributed by atoms with Gasteiger partial charge in [0.05, 0.1) is 0 Å². The van der Waals surface area contributed by atoms with Crippen molar-refractivity contribution in [3.63, 3.8) is 0 Å². The molecule has 3 aliphatic carbocycles. The highest BCUT2D eigenvalue weighted by molar-refractivity contribution is 5.94. The van der Waals surface area contributed by atoms with Crippen molar-refractivity contribution < 1.29 is 9.59 Å². The zero-order chi connectivity index (χ0) is 10.6. The molecule has 80 valence electrons. The smallest absolute Gasteiger partial charge is 0.140 e. The molecule has 0 unspecified atom stereocenters. The van der Waals surface area contributed by atoms with Crippen molar-refractivity contribution in [1.29, 1.82) is 0 Å². The largest absolute Gasteiger partial charge is 0.299 e. The maximum absolute atomic E-state index is 12.1. The number of fused-ring (bicyclic) bond motifs is 1. The Morgan fingerprint density at radius 2 is 2.13 bits per heavy atom. The number of carbonyl (C=O) groups excluding carboxylic acids is 2. The minimum absolute atomic E-state index is 0.0169. The number of hydrogen-bond acceptors (Lipinski definition) is 2. The molecule has 2 bridgehead atoms. The average Bonchev–Trinajstić information content (AvgIpc) is 2.49. The fourth-order valence-corrected chi connectivity index (χ4v) is 3.92. The minimum Gasteiger partial charge on any atom is -0.299 e. The summed E-state index contributed by atoms with van der Waals surface area (Å²) in [5.74, 6) is 1.10. The lowest BCUT2D eigenvalue weighted by molar-refractivity contribution is -0.140. The van der Waals surface area contributed by atoms with Crippen molar-refractivity contribution in [2.24, 2.45) is 17.3 Å². The van der Waals surface area contributed by atoms with Gasteiger partial charge in [-0.05, 0) is 31.6 Å². The van der Waals surface area contributed by atoms with Crippen molar-refractivity contribution in [1.82, 2.24) is 0 Å². The highest BCUT2D eigenvalue weighted by Crippen LogP contribution is 2.59. The molecule has 3 aliphatic rings. The Morgan fingerprint density at radius 1 is 1.33 bits per heavy atom. The topological polar surface area (TPSA) is 34.1 Å². The van der Waals surface area contributed by atoms with E-state index in [4.69, 9.17) is 0 Å². The van der Waals surface area contributed by atoms with Gasteiger partial charge in [-0.1, -0.05) is 12.2 Å². The molecule has 15 heavy (non-hydrogen) atoms. The van der Waals surface area contributed by atoms with Gasteiger partial charge in [0.1, 0.15) is 11.6 Å². The lowest BCUT2D eigenvalue weighted by Gasteiger charge is -2.42. The van der Waals surface area contributed by atoms with Crippen LogP contribution in [0.15, 0.2) is 12.2 Å². The Hall–Kier alpha value is -0.920. The molecular weight excluding hydrogens is 188 g/mol. The van der Waals surface area contributed by atoms with E-state index in [0.717, 1.165) is 37.7 Å². The Bertz CT molecular complexity index is 369. The van der Waals surface area contributed by atoms with Gasteiger partial charge in [0.2, 0.25) is 0 Å². The van der Waals surface area contributed by atoms with Crippen molar-refractivity contribution >= 4 is 11.6 Å². The fraction of sp³-hybridized carbons (Fsp3) is 0.692. The predicted octanol–water partition coefficient (Wildman–Crippen LogP) is 2.28. The summed E-state index contributed by atoms with van der Waals surface area (Å²) in [6, 6.07) is 0. The Balaban J connectivity index is 2.05. The van der Waals surface area contributed by atoms with Crippen LogP contribution in [-0.2, 0) is 9.59 Å². The van der Waals surface area contributed by atoms with E-state index in [1.54, 1.807) is 0 Å². The van der Waals surface area contributed by atoms with Crippen molar-refractivity contribution in [2.45, 2.75) is 38.5 Å².